The Morgan fingerprint density at radius 1 is 1.40 bits per heavy atom. The van der Waals surface area contributed by atoms with Crippen molar-refractivity contribution in [3.8, 4) is 0 Å². The average molecular weight is 289 g/mol. The van der Waals surface area contributed by atoms with Gasteiger partial charge in [-0.15, -0.1) is 21.5 Å². The summed E-state index contributed by atoms with van der Waals surface area (Å²) in [5.74, 6) is 1.86. The van der Waals surface area contributed by atoms with Gasteiger partial charge in [-0.2, -0.15) is 4.98 Å². The molecule has 0 spiro atoms. The van der Waals surface area contributed by atoms with Gasteiger partial charge in [-0.3, -0.25) is 0 Å². The van der Waals surface area contributed by atoms with Crippen LogP contribution < -0.4 is 11.1 Å². The van der Waals surface area contributed by atoms with E-state index in [4.69, 9.17) is 5.73 Å². The zero-order valence-corrected chi connectivity index (χ0v) is 12.1. The quantitative estimate of drug-likeness (QED) is 0.757. The van der Waals surface area contributed by atoms with E-state index in [0.29, 0.717) is 6.54 Å². The number of hydrogen-bond donors (Lipinski definition) is 2. The van der Waals surface area contributed by atoms with Gasteiger partial charge in [0, 0.05) is 11.9 Å². The van der Waals surface area contributed by atoms with E-state index in [1.54, 1.807) is 17.7 Å². The predicted octanol–water partition coefficient (Wildman–Crippen LogP) is 1.58. The molecule has 0 saturated carbocycles. The maximum absolute atomic E-state index is 5.77. The van der Waals surface area contributed by atoms with Crippen molar-refractivity contribution in [3.05, 3.63) is 23.1 Å². The van der Waals surface area contributed by atoms with Crippen LogP contribution in [0.4, 0.5) is 11.8 Å². The number of nitrogens with two attached hydrogens (primary N) is 1. The SMILES string of the molecule is CCc1cc2c(NCc3nncn3C)nc(N)nc2s1. The van der Waals surface area contributed by atoms with Crippen LogP contribution >= 0.6 is 11.3 Å². The molecule has 0 aromatic carbocycles. The van der Waals surface area contributed by atoms with Crippen LogP contribution in [0.1, 0.15) is 17.6 Å². The molecular formula is C12H15N7S. The molecule has 8 heteroatoms. The highest BCUT2D eigenvalue weighted by atomic mass is 32.1. The molecule has 0 fully saturated rings. The van der Waals surface area contributed by atoms with Crippen molar-refractivity contribution in [3.63, 3.8) is 0 Å². The Morgan fingerprint density at radius 3 is 2.95 bits per heavy atom. The van der Waals surface area contributed by atoms with Gasteiger partial charge in [0.25, 0.3) is 0 Å². The first kappa shape index (κ1) is 12.8. The third-order valence-electron chi connectivity index (χ3n) is 3.03. The third kappa shape index (κ3) is 2.29. The van der Waals surface area contributed by atoms with Crippen LogP contribution in [0, 0.1) is 0 Å². The van der Waals surface area contributed by atoms with Gasteiger partial charge >= 0.3 is 0 Å². The zero-order chi connectivity index (χ0) is 14.1. The van der Waals surface area contributed by atoms with Crippen molar-refractivity contribution in [1.29, 1.82) is 0 Å². The second-order valence-electron chi connectivity index (χ2n) is 4.43. The molecule has 0 radical (unpaired) electrons. The lowest BCUT2D eigenvalue weighted by molar-refractivity contribution is 0.811. The van der Waals surface area contributed by atoms with Gasteiger partial charge in [0.1, 0.15) is 17.0 Å². The highest BCUT2D eigenvalue weighted by Gasteiger charge is 2.11. The van der Waals surface area contributed by atoms with Crippen LogP contribution in [0.2, 0.25) is 0 Å². The summed E-state index contributed by atoms with van der Waals surface area (Å²) in [6, 6.07) is 2.11. The van der Waals surface area contributed by atoms with Crippen molar-refractivity contribution in [1.82, 2.24) is 24.7 Å². The molecule has 3 aromatic rings. The summed E-state index contributed by atoms with van der Waals surface area (Å²) in [4.78, 5) is 10.7. The third-order valence-corrected chi connectivity index (χ3v) is 4.20. The first-order chi connectivity index (χ1) is 9.67. The molecule has 0 aliphatic heterocycles. The fourth-order valence-electron chi connectivity index (χ4n) is 1.93. The van der Waals surface area contributed by atoms with Gasteiger partial charge in [-0.05, 0) is 12.5 Å². The van der Waals surface area contributed by atoms with Crippen molar-refractivity contribution >= 4 is 33.3 Å². The largest absolute Gasteiger partial charge is 0.368 e. The first-order valence-corrected chi connectivity index (χ1v) is 7.11. The summed E-state index contributed by atoms with van der Waals surface area (Å²) in [5.41, 5.74) is 5.77. The molecule has 0 amide bonds. The average Bonchev–Trinajstić information content (AvgIpc) is 3.01. The summed E-state index contributed by atoms with van der Waals surface area (Å²) < 4.78 is 1.86. The molecule has 3 aromatic heterocycles. The van der Waals surface area contributed by atoms with Gasteiger partial charge in [-0.1, -0.05) is 6.92 Å². The zero-order valence-electron chi connectivity index (χ0n) is 11.3. The second-order valence-corrected chi connectivity index (χ2v) is 5.54. The molecular weight excluding hydrogens is 274 g/mol. The van der Waals surface area contributed by atoms with E-state index in [1.165, 1.54) is 4.88 Å². The summed E-state index contributed by atoms with van der Waals surface area (Å²) in [6.07, 6.45) is 2.64. The minimum Gasteiger partial charge on any atom is -0.368 e. The van der Waals surface area contributed by atoms with Crippen LogP contribution in [0.15, 0.2) is 12.4 Å². The smallest absolute Gasteiger partial charge is 0.223 e. The molecule has 20 heavy (non-hydrogen) atoms. The Morgan fingerprint density at radius 2 is 2.25 bits per heavy atom. The number of aryl methyl sites for hydroxylation is 2. The number of fused-ring (bicyclic) bond motifs is 1. The Balaban J connectivity index is 1.93. The number of nitrogens with one attached hydrogen (secondary N) is 1. The maximum Gasteiger partial charge on any atom is 0.223 e. The standard InChI is InChI=1S/C12H15N7S/c1-3-7-4-8-10(16-12(13)17-11(8)20-7)14-5-9-18-15-6-19(9)2/h4,6H,3,5H2,1-2H3,(H3,13,14,16,17). The lowest BCUT2D eigenvalue weighted by Crippen LogP contribution is -2.08. The molecule has 0 bridgehead atoms. The van der Waals surface area contributed by atoms with Crippen LogP contribution in [0.5, 0.6) is 0 Å². The fourth-order valence-corrected chi connectivity index (χ4v) is 2.90. The Hall–Kier alpha value is -2.22. The van der Waals surface area contributed by atoms with E-state index < -0.39 is 0 Å². The van der Waals surface area contributed by atoms with Gasteiger partial charge in [0.15, 0.2) is 5.82 Å². The van der Waals surface area contributed by atoms with Crippen molar-refractivity contribution in [2.75, 3.05) is 11.1 Å². The number of hydrogen-bond acceptors (Lipinski definition) is 7. The molecule has 3 rings (SSSR count). The summed E-state index contributed by atoms with van der Waals surface area (Å²) in [6.45, 7) is 2.66. The van der Waals surface area contributed by atoms with Crippen molar-refractivity contribution < 1.29 is 0 Å². The summed E-state index contributed by atoms with van der Waals surface area (Å²) in [7, 11) is 1.90. The van der Waals surface area contributed by atoms with Crippen LogP contribution in [0.25, 0.3) is 10.2 Å². The van der Waals surface area contributed by atoms with E-state index in [9.17, 15) is 0 Å². The minimum atomic E-state index is 0.280. The van der Waals surface area contributed by atoms with Crippen LogP contribution in [0.3, 0.4) is 0 Å². The number of thiophene rings is 1. The molecule has 0 unspecified atom stereocenters. The van der Waals surface area contributed by atoms with E-state index >= 15 is 0 Å². The van der Waals surface area contributed by atoms with Crippen LogP contribution in [-0.2, 0) is 20.0 Å². The lowest BCUT2D eigenvalue weighted by Gasteiger charge is -2.06. The van der Waals surface area contributed by atoms with E-state index in [2.05, 4.69) is 38.5 Å². The van der Waals surface area contributed by atoms with Gasteiger partial charge in [0.05, 0.1) is 11.9 Å². The first-order valence-electron chi connectivity index (χ1n) is 6.30. The second kappa shape index (κ2) is 5.04. The Bertz CT molecular complexity index is 745. The topological polar surface area (TPSA) is 94.5 Å². The molecule has 3 heterocycles. The number of rotatable bonds is 4. The molecule has 7 nitrogen and oxygen atoms in total. The molecule has 104 valence electrons. The van der Waals surface area contributed by atoms with E-state index in [-0.39, 0.29) is 5.95 Å². The maximum atomic E-state index is 5.77. The van der Waals surface area contributed by atoms with E-state index in [0.717, 1.165) is 28.3 Å². The van der Waals surface area contributed by atoms with Crippen molar-refractivity contribution in [2.45, 2.75) is 19.9 Å². The fraction of sp³-hybridized carbons (Fsp3) is 0.333. The van der Waals surface area contributed by atoms with E-state index in [1.807, 2.05) is 11.6 Å². The number of aromatic nitrogens is 5. The Labute approximate surface area is 119 Å². The van der Waals surface area contributed by atoms with Gasteiger partial charge in [-0.25, -0.2) is 4.98 Å². The van der Waals surface area contributed by atoms with Crippen LogP contribution in [-0.4, -0.2) is 24.7 Å². The molecule has 0 saturated heterocycles. The molecule has 0 atom stereocenters. The molecule has 3 N–H and O–H groups in total. The number of anilines is 2. The highest BCUT2D eigenvalue weighted by molar-refractivity contribution is 7.18. The monoisotopic (exact) mass is 289 g/mol. The number of nitrogen functional groups attached to an aromatic ring is 1. The molecule has 0 aliphatic carbocycles. The van der Waals surface area contributed by atoms with Gasteiger partial charge in [0.2, 0.25) is 5.95 Å². The minimum absolute atomic E-state index is 0.280. The predicted molar refractivity (Wildman–Crippen MR) is 79.5 cm³/mol. The van der Waals surface area contributed by atoms with Crippen molar-refractivity contribution in [2.24, 2.45) is 7.05 Å². The van der Waals surface area contributed by atoms with Gasteiger partial charge < -0.3 is 15.6 Å². The summed E-state index contributed by atoms with van der Waals surface area (Å²) in [5, 5.41) is 12.1. The number of nitrogens with zero attached hydrogens (tertiary/aromatic N) is 5. The normalized spacial score (nSPS) is 11.1. The molecule has 0 aliphatic rings. The Kier molecular flexibility index (Phi) is 3.23. The highest BCUT2D eigenvalue weighted by Crippen LogP contribution is 2.29. The summed E-state index contributed by atoms with van der Waals surface area (Å²) >= 11 is 1.65. The lowest BCUT2D eigenvalue weighted by atomic mass is 10.3.